The summed E-state index contributed by atoms with van der Waals surface area (Å²) in [4.78, 5) is 2.58. The molecule has 1 aliphatic carbocycles. The molecule has 21 heavy (non-hydrogen) atoms. The summed E-state index contributed by atoms with van der Waals surface area (Å²) in [6, 6.07) is 8.53. The normalized spacial score (nSPS) is 24.2. The number of rotatable bonds is 6. The van der Waals surface area contributed by atoms with Crippen LogP contribution in [0.5, 0.6) is 0 Å². The van der Waals surface area contributed by atoms with Gasteiger partial charge >= 0.3 is 0 Å². The predicted octanol–water partition coefficient (Wildman–Crippen LogP) is 3.74. The molecule has 1 atom stereocenters. The number of hydrogen-bond donors (Lipinski definition) is 1. The molecular formula is C18H29FN2. The zero-order valence-electron chi connectivity index (χ0n) is 13.4. The lowest BCUT2D eigenvalue weighted by molar-refractivity contribution is 0.107. The Balaban J connectivity index is 2.01. The molecule has 1 aliphatic rings. The lowest BCUT2D eigenvalue weighted by atomic mass is 9.89. The van der Waals surface area contributed by atoms with E-state index in [1.54, 1.807) is 12.1 Å². The van der Waals surface area contributed by atoms with Crippen LogP contribution in [-0.4, -0.2) is 29.6 Å². The standard InChI is InChI=1S/C18H29FN2/c1-3-12-21(17-10-8-16(20)9-11-17)14(2)13-15-6-4-5-7-18(15)19/h4-7,14,16-17H,3,8-13,20H2,1-2H3. The third kappa shape index (κ3) is 4.52. The fourth-order valence-corrected chi connectivity index (χ4v) is 3.55. The maximum Gasteiger partial charge on any atom is 0.126 e. The van der Waals surface area contributed by atoms with Gasteiger partial charge in [-0.05, 0) is 63.6 Å². The van der Waals surface area contributed by atoms with Crippen LogP contribution < -0.4 is 5.73 Å². The SMILES string of the molecule is CCCN(C(C)Cc1ccccc1F)C1CCC(N)CC1. The number of nitrogens with zero attached hydrogens (tertiary/aromatic N) is 1. The molecule has 0 radical (unpaired) electrons. The summed E-state index contributed by atoms with van der Waals surface area (Å²) < 4.78 is 13.9. The molecule has 0 saturated heterocycles. The first-order valence-corrected chi connectivity index (χ1v) is 8.36. The quantitative estimate of drug-likeness (QED) is 0.865. The van der Waals surface area contributed by atoms with Gasteiger partial charge in [0.1, 0.15) is 5.82 Å². The minimum absolute atomic E-state index is 0.0773. The van der Waals surface area contributed by atoms with Crippen LogP contribution in [0.25, 0.3) is 0 Å². The van der Waals surface area contributed by atoms with Crippen molar-refractivity contribution < 1.29 is 4.39 Å². The second-order valence-corrected chi connectivity index (χ2v) is 6.45. The van der Waals surface area contributed by atoms with Crippen molar-refractivity contribution in [2.45, 2.75) is 70.5 Å². The second-order valence-electron chi connectivity index (χ2n) is 6.45. The van der Waals surface area contributed by atoms with Gasteiger partial charge in [0, 0.05) is 18.1 Å². The average Bonchev–Trinajstić information content (AvgIpc) is 2.48. The fourth-order valence-electron chi connectivity index (χ4n) is 3.55. The highest BCUT2D eigenvalue weighted by molar-refractivity contribution is 5.18. The molecule has 0 spiro atoms. The molecule has 0 heterocycles. The van der Waals surface area contributed by atoms with E-state index in [0.717, 1.165) is 37.8 Å². The van der Waals surface area contributed by atoms with Crippen LogP contribution in [0.15, 0.2) is 24.3 Å². The van der Waals surface area contributed by atoms with E-state index in [0.29, 0.717) is 18.1 Å². The minimum atomic E-state index is -0.0773. The van der Waals surface area contributed by atoms with Gasteiger partial charge in [0.15, 0.2) is 0 Å². The van der Waals surface area contributed by atoms with E-state index in [1.807, 2.05) is 12.1 Å². The molecule has 2 rings (SSSR count). The Morgan fingerprint density at radius 1 is 1.24 bits per heavy atom. The largest absolute Gasteiger partial charge is 0.328 e. The Labute approximate surface area is 128 Å². The van der Waals surface area contributed by atoms with Crippen molar-refractivity contribution in [2.75, 3.05) is 6.54 Å². The first kappa shape index (κ1) is 16.4. The summed E-state index contributed by atoms with van der Waals surface area (Å²) in [5.74, 6) is -0.0773. The van der Waals surface area contributed by atoms with E-state index in [-0.39, 0.29) is 5.82 Å². The molecule has 3 heteroatoms. The number of halogens is 1. The number of nitrogens with two attached hydrogens (primary N) is 1. The number of hydrogen-bond acceptors (Lipinski definition) is 2. The number of benzene rings is 1. The summed E-state index contributed by atoms with van der Waals surface area (Å²) in [7, 11) is 0. The molecular weight excluding hydrogens is 263 g/mol. The summed E-state index contributed by atoms with van der Waals surface area (Å²) in [6.45, 7) is 5.55. The van der Waals surface area contributed by atoms with Crippen LogP contribution in [-0.2, 0) is 6.42 Å². The summed E-state index contributed by atoms with van der Waals surface area (Å²) in [5.41, 5.74) is 6.85. The van der Waals surface area contributed by atoms with Gasteiger partial charge in [-0.15, -0.1) is 0 Å². The summed E-state index contributed by atoms with van der Waals surface area (Å²) in [5, 5.41) is 0. The summed E-state index contributed by atoms with van der Waals surface area (Å²) >= 11 is 0. The van der Waals surface area contributed by atoms with Crippen molar-refractivity contribution in [1.29, 1.82) is 0 Å². The van der Waals surface area contributed by atoms with Gasteiger partial charge < -0.3 is 5.73 Å². The molecule has 0 aromatic heterocycles. The van der Waals surface area contributed by atoms with Crippen LogP contribution in [0.1, 0.15) is 51.5 Å². The molecule has 118 valence electrons. The molecule has 1 aromatic rings. The van der Waals surface area contributed by atoms with Gasteiger partial charge in [-0.1, -0.05) is 25.1 Å². The topological polar surface area (TPSA) is 29.3 Å². The smallest absolute Gasteiger partial charge is 0.126 e. The zero-order chi connectivity index (χ0) is 15.2. The van der Waals surface area contributed by atoms with Gasteiger partial charge in [0.2, 0.25) is 0 Å². The van der Waals surface area contributed by atoms with E-state index in [2.05, 4.69) is 18.7 Å². The molecule has 2 N–H and O–H groups in total. The maximum atomic E-state index is 13.9. The van der Waals surface area contributed by atoms with Crippen molar-refractivity contribution in [3.8, 4) is 0 Å². The van der Waals surface area contributed by atoms with Crippen molar-refractivity contribution in [3.63, 3.8) is 0 Å². The monoisotopic (exact) mass is 292 g/mol. The van der Waals surface area contributed by atoms with Crippen molar-refractivity contribution >= 4 is 0 Å². The van der Waals surface area contributed by atoms with E-state index in [9.17, 15) is 4.39 Å². The van der Waals surface area contributed by atoms with Gasteiger partial charge in [-0.2, -0.15) is 0 Å². The fraction of sp³-hybridized carbons (Fsp3) is 0.667. The third-order valence-electron chi connectivity index (χ3n) is 4.73. The van der Waals surface area contributed by atoms with Crippen LogP contribution in [0.2, 0.25) is 0 Å². The van der Waals surface area contributed by atoms with Gasteiger partial charge in [0.05, 0.1) is 0 Å². The van der Waals surface area contributed by atoms with Crippen molar-refractivity contribution in [3.05, 3.63) is 35.6 Å². The maximum absolute atomic E-state index is 13.9. The van der Waals surface area contributed by atoms with Gasteiger partial charge in [0.25, 0.3) is 0 Å². The Morgan fingerprint density at radius 3 is 2.52 bits per heavy atom. The van der Waals surface area contributed by atoms with Crippen molar-refractivity contribution in [2.24, 2.45) is 5.73 Å². The Kier molecular flexibility index (Phi) is 6.19. The second kappa shape index (κ2) is 7.90. The molecule has 0 amide bonds. The summed E-state index contributed by atoms with van der Waals surface area (Å²) in [6.07, 6.45) is 6.54. The highest BCUT2D eigenvalue weighted by atomic mass is 19.1. The lowest BCUT2D eigenvalue weighted by Crippen LogP contribution is -2.46. The Bertz CT molecular complexity index is 427. The van der Waals surface area contributed by atoms with E-state index < -0.39 is 0 Å². The lowest BCUT2D eigenvalue weighted by Gasteiger charge is -2.40. The zero-order valence-corrected chi connectivity index (χ0v) is 13.4. The van der Waals surface area contributed by atoms with Crippen LogP contribution >= 0.6 is 0 Å². The molecule has 0 bridgehead atoms. The van der Waals surface area contributed by atoms with E-state index in [4.69, 9.17) is 5.73 Å². The predicted molar refractivity (Wildman–Crippen MR) is 86.8 cm³/mol. The third-order valence-corrected chi connectivity index (χ3v) is 4.73. The highest BCUT2D eigenvalue weighted by Gasteiger charge is 2.27. The molecule has 2 nitrogen and oxygen atoms in total. The highest BCUT2D eigenvalue weighted by Crippen LogP contribution is 2.25. The van der Waals surface area contributed by atoms with Crippen LogP contribution in [0, 0.1) is 5.82 Å². The first-order valence-electron chi connectivity index (χ1n) is 8.36. The van der Waals surface area contributed by atoms with Crippen LogP contribution in [0.4, 0.5) is 4.39 Å². The molecule has 1 saturated carbocycles. The minimum Gasteiger partial charge on any atom is -0.328 e. The molecule has 1 fully saturated rings. The van der Waals surface area contributed by atoms with Crippen molar-refractivity contribution in [1.82, 2.24) is 4.90 Å². The molecule has 1 unspecified atom stereocenters. The van der Waals surface area contributed by atoms with Gasteiger partial charge in [-0.25, -0.2) is 4.39 Å². The average molecular weight is 292 g/mol. The van der Waals surface area contributed by atoms with Crippen LogP contribution in [0.3, 0.4) is 0 Å². The van der Waals surface area contributed by atoms with Gasteiger partial charge in [-0.3, -0.25) is 4.90 Å². The Morgan fingerprint density at radius 2 is 1.90 bits per heavy atom. The van der Waals surface area contributed by atoms with E-state index >= 15 is 0 Å². The Hall–Kier alpha value is -0.930. The molecule has 1 aromatic carbocycles. The first-order chi connectivity index (χ1) is 10.1. The molecule has 0 aliphatic heterocycles. The van der Waals surface area contributed by atoms with E-state index in [1.165, 1.54) is 12.8 Å².